The van der Waals surface area contributed by atoms with Gasteiger partial charge < -0.3 is 10.5 Å². The third kappa shape index (κ3) is 4.80. The van der Waals surface area contributed by atoms with E-state index in [1.807, 2.05) is 0 Å². The molecule has 7 heteroatoms. The number of hydrogen-bond donors (Lipinski definition) is 1. The molecule has 2 N–H and O–H groups in total. The molecule has 1 aromatic rings. The Kier molecular flexibility index (Phi) is 6.32. The SMILES string of the molecule is COC(=O)CCCN(C)S(=O)(=O)c1cccc(C(C)N)c1. The fourth-order valence-electron chi connectivity index (χ4n) is 1.81. The van der Waals surface area contributed by atoms with Gasteiger partial charge in [-0.2, -0.15) is 0 Å². The van der Waals surface area contributed by atoms with E-state index in [1.54, 1.807) is 25.1 Å². The van der Waals surface area contributed by atoms with Crippen molar-refractivity contribution in [2.75, 3.05) is 20.7 Å². The van der Waals surface area contributed by atoms with E-state index in [9.17, 15) is 13.2 Å². The molecule has 0 aromatic heterocycles. The molecule has 0 fully saturated rings. The van der Waals surface area contributed by atoms with Crippen molar-refractivity contribution in [3.05, 3.63) is 29.8 Å². The van der Waals surface area contributed by atoms with Crippen molar-refractivity contribution in [3.8, 4) is 0 Å². The van der Waals surface area contributed by atoms with Crippen molar-refractivity contribution in [2.45, 2.75) is 30.7 Å². The van der Waals surface area contributed by atoms with Gasteiger partial charge in [0.2, 0.25) is 10.0 Å². The quantitative estimate of drug-likeness (QED) is 0.766. The van der Waals surface area contributed by atoms with Crippen LogP contribution in [0.25, 0.3) is 0 Å². The molecular weight excluding hydrogens is 292 g/mol. The highest BCUT2D eigenvalue weighted by molar-refractivity contribution is 7.89. The lowest BCUT2D eigenvalue weighted by Gasteiger charge is -2.18. The first-order chi connectivity index (χ1) is 9.78. The smallest absolute Gasteiger partial charge is 0.305 e. The fourth-order valence-corrected chi connectivity index (χ4v) is 3.07. The zero-order valence-electron chi connectivity index (χ0n) is 12.6. The fraction of sp³-hybridized carbons (Fsp3) is 0.500. The number of sulfonamides is 1. The Balaban J connectivity index is 2.80. The highest BCUT2D eigenvalue weighted by atomic mass is 32.2. The van der Waals surface area contributed by atoms with Crippen molar-refractivity contribution in [1.29, 1.82) is 0 Å². The maximum Gasteiger partial charge on any atom is 0.305 e. The van der Waals surface area contributed by atoms with E-state index in [0.717, 1.165) is 5.56 Å². The maximum absolute atomic E-state index is 12.4. The summed E-state index contributed by atoms with van der Waals surface area (Å²) in [7, 11) is -0.775. The van der Waals surface area contributed by atoms with Crippen molar-refractivity contribution >= 4 is 16.0 Å². The Labute approximate surface area is 125 Å². The normalized spacial score (nSPS) is 13.2. The minimum Gasteiger partial charge on any atom is -0.469 e. The molecule has 0 bridgehead atoms. The molecule has 1 unspecified atom stereocenters. The molecule has 0 heterocycles. The van der Waals surface area contributed by atoms with Gasteiger partial charge in [-0.15, -0.1) is 0 Å². The van der Waals surface area contributed by atoms with Gasteiger partial charge in [0.15, 0.2) is 0 Å². The molecule has 0 aliphatic rings. The standard InChI is InChI=1S/C14H22N2O4S/c1-11(15)12-6-4-7-13(10-12)21(18,19)16(2)9-5-8-14(17)20-3/h4,6-7,10-11H,5,8-9,15H2,1-3H3. The molecule has 1 rings (SSSR count). The van der Waals surface area contributed by atoms with E-state index in [4.69, 9.17) is 5.73 Å². The summed E-state index contributed by atoms with van der Waals surface area (Å²) in [6.45, 7) is 2.05. The van der Waals surface area contributed by atoms with Crippen LogP contribution in [-0.4, -0.2) is 39.4 Å². The van der Waals surface area contributed by atoms with Crippen LogP contribution in [0.4, 0.5) is 0 Å². The molecule has 0 aliphatic heterocycles. The molecule has 0 saturated heterocycles. The number of carbonyl (C=O) groups is 1. The van der Waals surface area contributed by atoms with Crippen molar-refractivity contribution in [3.63, 3.8) is 0 Å². The summed E-state index contributed by atoms with van der Waals surface area (Å²) in [5.41, 5.74) is 6.53. The third-order valence-electron chi connectivity index (χ3n) is 3.17. The molecule has 0 spiro atoms. The molecule has 1 atom stereocenters. The van der Waals surface area contributed by atoms with E-state index in [2.05, 4.69) is 4.74 Å². The van der Waals surface area contributed by atoms with Crippen LogP contribution in [0.15, 0.2) is 29.2 Å². The van der Waals surface area contributed by atoms with Gasteiger partial charge in [0.25, 0.3) is 0 Å². The van der Waals surface area contributed by atoms with Crippen LogP contribution in [0.5, 0.6) is 0 Å². The van der Waals surface area contributed by atoms with E-state index in [-0.39, 0.29) is 29.9 Å². The summed E-state index contributed by atoms with van der Waals surface area (Å²) >= 11 is 0. The second kappa shape index (κ2) is 7.53. The first-order valence-corrected chi connectivity index (χ1v) is 8.11. The molecule has 0 aliphatic carbocycles. The summed E-state index contributed by atoms with van der Waals surface area (Å²) in [5.74, 6) is -0.347. The van der Waals surface area contributed by atoms with Crippen LogP contribution in [0.2, 0.25) is 0 Å². The number of benzene rings is 1. The first kappa shape index (κ1) is 17.6. The van der Waals surface area contributed by atoms with Crippen molar-refractivity contribution in [2.24, 2.45) is 5.73 Å². The average Bonchev–Trinajstić information content (AvgIpc) is 2.46. The summed E-state index contributed by atoms with van der Waals surface area (Å²) in [4.78, 5) is 11.2. The summed E-state index contributed by atoms with van der Waals surface area (Å²) in [6, 6.07) is 6.36. The van der Waals surface area contributed by atoms with Crippen molar-refractivity contribution in [1.82, 2.24) is 4.31 Å². The zero-order chi connectivity index (χ0) is 16.0. The van der Waals surface area contributed by atoms with E-state index in [1.165, 1.54) is 24.5 Å². The number of ether oxygens (including phenoxy) is 1. The number of rotatable bonds is 7. The Morgan fingerprint density at radius 3 is 2.67 bits per heavy atom. The molecule has 0 radical (unpaired) electrons. The average molecular weight is 314 g/mol. The Morgan fingerprint density at radius 2 is 2.10 bits per heavy atom. The number of hydrogen-bond acceptors (Lipinski definition) is 5. The minimum atomic E-state index is -3.57. The third-order valence-corrected chi connectivity index (χ3v) is 5.03. The molecule has 1 aromatic carbocycles. The number of esters is 1. The Hall–Kier alpha value is -1.44. The molecule has 118 valence electrons. The lowest BCUT2D eigenvalue weighted by Crippen LogP contribution is -2.28. The monoisotopic (exact) mass is 314 g/mol. The number of nitrogens with two attached hydrogens (primary N) is 1. The number of nitrogens with zero attached hydrogens (tertiary/aromatic N) is 1. The molecule has 0 saturated carbocycles. The largest absolute Gasteiger partial charge is 0.469 e. The highest BCUT2D eigenvalue weighted by Crippen LogP contribution is 2.19. The molecular formula is C14H22N2O4S. The van der Waals surface area contributed by atoms with Gasteiger partial charge in [0.05, 0.1) is 12.0 Å². The van der Waals surface area contributed by atoms with E-state index < -0.39 is 10.0 Å². The van der Waals surface area contributed by atoms with Crippen LogP contribution >= 0.6 is 0 Å². The van der Waals surface area contributed by atoms with Crippen LogP contribution in [-0.2, 0) is 19.6 Å². The van der Waals surface area contributed by atoms with E-state index >= 15 is 0 Å². The van der Waals surface area contributed by atoms with Gasteiger partial charge in [-0.3, -0.25) is 4.79 Å². The summed E-state index contributed by atoms with van der Waals surface area (Å²) in [6.07, 6.45) is 0.603. The van der Waals surface area contributed by atoms with Gasteiger partial charge in [-0.25, -0.2) is 12.7 Å². The van der Waals surface area contributed by atoms with Crippen LogP contribution in [0, 0.1) is 0 Å². The Bertz CT molecular complexity index is 584. The van der Waals surface area contributed by atoms with Gasteiger partial charge in [0.1, 0.15) is 0 Å². The van der Waals surface area contributed by atoms with Gasteiger partial charge in [0, 0.05) is 26.1 Å². The zero-order valence-corrected chi connectivity index (χ0v) is 13.4. The van der Waals surface area contributed by atoms with Gasteiger partial charge >= 0.3 is 5.97 Å². The topological polar surface area (TPSA) is 89.7 Å². The van der Waals surface area contributed by atoms with Crippen LogP contribution in [0.1, 0.15) is 31.4 Å². The molecule has 21 heavy (non-hydrogen) atoms. The highest BCUT2D eigenvalue weighted by Gasteiger charge is 2.21. The van der Waals surface area contributed by atoms with Crippen LogP contribution in [0.3, 0.4) is 0 Å². The van der Waals surface area contributed by atoms with Gasteiger partial charge in [-0.05, 0) is 31.0 Å². The van der Waals surface area contributed by atoms with Crippen molar-refractivity contribution < 1.29 is 17.9 Å². The van der Waals surface area contributed by atoms with Crippen LogP contribution < -0.4 is 5.73 Å². The second-order valence-corrected chi connectivity index (χ2v) is 6.91. The molecule has 0 amide bonds. The van der Waals surface area contributed by atoms with Gasteiger partial charge in [-0.1, -0.05) is 12.1 Å². The summed E-state index contributed by atoms with van der Waals surface area (Å²) < 4.78 is 30.6. The lowest BCUT2D eigenvalue weighted by atomic mass is 10.1. The van der Waals surface area contributed by atoms with E-state index in [0.29, 0.717) is 6.42 Å². The number of methoxy groups -OCH3 is 1. The maximum atomic E-state index is 12.4. The molecule has 6 nitrogen and oxygen atoms in total. The predicted octanol–water partition coefficient (Wildman–Crippen LogP) is 1.28. The predicted molar refractivity (Wildman–Crippen MR) is 80.1 cm³/mol. The lowest BCUT2D eigenvalue weighted by molar-refractivity contribution is -0.140. The summed E-state index contributed by atoms with van der Waals surface area (Å²) in [5, 5.41) is 0. The Morgan fingerprint density at radius 1 is 1.43 bits per heavy atom. The first-order valence-electron chi connectivity index (χ1n) is 6.67. The minimum absolute atomic E-state index is 0.191. The number of carbonyl (C=O) groups excluding carboxylic acids is 1. The second-order valence-electron chi connectivity index (χ2n) is 4.87.